The van der Waals surface area contributed by atoms with Crippen molar-refractivity contribution in [3.8, 4) is 11.5 Å². The molecule has 3 aromatic rings. The second kappa shape index (κ2) is 7.12. The number of nitrogens with zero attached hydrogens (tertiary/aromatic N) is 3. The van der Waals surface area contributed by atoms with Gasteiger partial charge in [0.05, 0.1) is 12.1 Å². The number of pyridine rings is 1. The Kier molecular flexibility index (Phi) is 4.52. The van der Waals surface area contributed by atoms with Crippen LogP contribution in [0.15, 0.2) is 59.3 Å². The summed E-state index contributed by atoms with van der Waals surface area (Å²) in [5, 5.41) is 0. The molecule has 132 valence electrons. The zero-order valence-corrected chi connectivity index (χ0v) is 14.8. The smallest absolute Gasteiger partial charge is 0.229 e. The van der Waals surface area contributed by atoms with Crippen LogP contribution in [0.4, 0.5) is 0 Å². The van der Waals surface area contributed by atoms with Crippen LogP contribution in [0.5, 0.6) is 0 Å². The number of oxazole rings is 1. The van der Waals surface area contributed by atoms with E-state index in [1.807, 2.05) is 54.3 Å². The molecule has 0 bridgehead atoms. The van der Waals surface area contributed by atoms with Gasteiger partial charge in [0, 0.05) is 30.5 Å². The number of benzene rings is 1. The number of hydrogen-bond acceptors (Lipinski definition) is 4. The van der Waals surface area contributed by atoms with E-state index < -0.39 is 0 Å². The maximum absolute atomic E-state index is 12.9. The number of aromatic nitrogens is 2. The van der Waals surface area contributed by atoms with Crippen LogP contribution in [-0.2, 0) is 17.8 Å². The first-order chi connectivity index (χ1) is 12.7. The van der Waals surface area contributed by atoms with Crippen LogP contribution in [0.25, 0.3) is 11.5 Å². The van der Waals surface area contributed by atoms with E-state index in [9.17, 15) is 4.79 Å². The maximum atomic E-state index is 12.9. The first-order valence-electron chi connectivity index (χ1n) is 8.91. The normalized spacial score (nSPS) is 13.6. The maximum Gasteiger partial charge on any atom is 0.229 e. The molecule has 1 aromatic carbocycles. The van der Waals surface area contributed by atoms with Crippen molar-refractivity contribution in [2.45, 2.75) is 38.8 Å². The molecule has 2 heterocycles. The van der Waals surface area contributed by atoms with E-state index in [1.165, 1.54) is 0 Å². The van der Waals surface area contributed by atoms with Gasteiger partial charge < -0.3 is 9.32 Å². The molecule has 1 saturated carbocycles. The van der Waals surface area contributed by atoms with Crippen molar-refractivity contribution in [2.75, 3.05) is 0 Å². The van der Waals surface area contributed by atoms with Crippen molar-refractivity contribution in [3.05, 3.63) is 71.9 Å². The second-order valence-electron chi connectivity index (χ2n) is 6.67. The molecule has 0 N–H and O–H groups in total. The van der Waals surface area contributed by atoms with Gasteiger partial charge in [0.25, 0.3) is 0 Å². The summed E-state index contributed by atoms with van der Waals surface area (Å²) in [5.41, 5.74) is 2.74. The van der Waals surface area contributed by atoms with Gasteiger partial charge in [-0.2, -0.15) is 0 Å². The van der Waals surface area contributed by atoms with Gasteiger partial charge in [-0.05, 0) is 49.6 Å². The highest BCUT2D eigenvalue weighted by molar-refractivity contribution is 5.79. The van der Waals surface area contributed by atoms with Crippen LogP contribution in [0, 0.1) is 6.92 Å². The van der Waals surface area contributed by atoms with Crippen LogP contribution in [0.1, 0.15) is 29.9 Å². The zero-order chi connectivity index (χ0) is 17.9. The highest BCUT2D eigenvalue weighted by Crippen LogP contribution is 2.29. The lowest BCUT2D eigenvalue weighted by Gasteiger charge is -2.22. The van der Waals surface area contributed by atoms with Crippen molar-refractivity contribution in [1.82, 2.24) is 14.9 Å². The zero-order valence-electron chi connectivity index (χ0n) is 14.8. The Hall–Kier alpha value is -2.95. The summed E-state index contributed by atoms with van der Waals surface area (Å²) in [6.07, 6.45) is 5.94. The lowest BCUT2D eigenvalue weighted by atomic mass is 10.2. The molecule has 1 fully saturated rings. The van der Waals surface area contributed by atoms with Crippen molar-refractivity contribution in [2.24, 2.45) is 0 Å². The van der Waals surface area contributed by atoms with Gasteiger partial charge >= 0.3 is 0 Å². The van der Waals surface area contributed by atoms with E-state index in [0.29, 0.717) is 29.9 Å². The summed E-state index contributed by atoms with van der Waals surface area (Å²) in [4.78, 5) is 23.5. The number of hydrogen-bond donors (Lipinski definition) is 0. The molecule has 1 amide bonds. The Morgan fingerprint density at radius 3 is 2.58 bits per heavy atom. The van der Waals surface area contributed by atoms with Crippen molar-refractivity contribution >= 4 is 5.91 Å². The van der Waals surface area contributed by atoms with Crippen molar-refractivity contribution in [1.29, 1.82) is 0 Å². The Labute approximate surface area is 152 Å². The fourth-order valence-corrected chi connectivity index (χ4v) is 3.03. The van der Waals surface area contributed by atoms with Crippen LogP contribution in [-0.4, -0.2) is 26.8 Å². The molecule has 0 atom stereocenters. The molecule has 0 unspecified atom stereocenters. The Morgan fingerprint density at radius 1 is 1.15 bits per heavy atom. The average molecular weight is 347 g/mol. The van der Waals surface area contributed by atoms with Gasteiger partial charge in [-0.25, -0.2) is 4.98 Å². The number of aryl methyl sites for hydroxylation is 1. The number of carbonyl (C=O) groups is 1. The highest BCUT2D eigenvalue weighted by atomic mass is 16.4. The summed E-state index contributed by atoms with van der Waals surface area (Å²) < 4.78 is 5.79. The molecule has 0 radical (unpaired) electrons. The molecule has 5 nitrogen and oxygen atoms in total. The van der Waals surface area contributed by atoms with E-state index in [4.69, 9.17) is 4.42 Å². The van der Waals surface area contributed by atoms with Crippen molar-refractivity contribution < 1.29 is 9.21 Å². The highest BCUT2D eigenvalue weighted by Gasteiger charge is 2.33. The fourth-order valence-electron chi connectivity index (χ4n) is 3.03. The lowest BCUT2D eigenvalue weighted by molar-refractivity contribution is -0.131. The third-order valence-electron chi connectivity index (χ3n) is 4.64. The third kappa shape index (κ3) is 3.67. The average Bonchev–Trinajstić information content (AvgIpc) is 3.45. The molecule has 2 aromatic heterocycles. The number of rotatable bonds is 6. The molecular weight excluding hydrogens is 326 g/mol. The minimum atomic E-state index is 0.0975. The first kappa shape index (κ1) is 16.5. The summed E-state index contributed by atoms with van der Waals surface area (Å²) >= 11 is 0. The standard InChI is InChI=1S/C21H21N3O2/c1-15-19(23-21(26-15)17-5-3-2-4-6-17)13-20(25)24(18-7-8-18)14-16-9-11-22-12-10-16/h2-6,9-12,18H,7-8,13-14H2,1H3. The second-order valence-corrected chi connectivity index (χ2v) is 6.67. The van der Waals surface area contributed by atoms with Crippen LogP contribution < -0.4 is 0 Å². The summed E-state index contributed by atoms with van der Waals surface area (Å²) in [6.45, 7) is 2.49. The molecule has 1 aliphatic rings. The molecule has 4 rings (SSSR count). The number of carbonyl (C=O) groups excluding carboxylic acids is 1. The van der Waals surface area contributed by atoms with Gasteiger partial charge in [-0.3, -0.25) is 9.78 Å². The molecule has 0 aliphatic heterocycles. The number of amides is 1. The quantitative estimate of drug-likeness (QED) is 0.681. The monoisotopic (exact) mass is 347 g/mol. The molecular formula is C21H21N3O2. The van der Waals surface area contributed by atoms with Gasteiger partial charge in [0.15, 0.2) is 0 Å². The van der Waals surface area contributed by atoms with Crippen molar-refractivity contribution in [3.63, 3.8) is 0 Å². The van der Waals surface area contributed by atoms with Crippen LogP contribution in [0.2, 0.25) is 0 Å². The van der Waals surface area contributed by atoms with Gasteiger partial charge in [-0.1, -0.05) is 18.2 Å². The van der Waals surface area contributed by atoms with Gasteiger partial charge in [-0.15, -0.1) is 0 Å². The molecule has 1 aliphatic carbocycles. The summed E-state index contributed by atoms with van der Waals surface area (Å²) in [6, 6.07) is 14.0. The topological polar surface area (TPSA) is 59.2 Å². The minimum absolute atomic E-state index is 0.0975. The Bertz CT molecular complexity index is 886. The predicted molar refractivity (Wildman–Crippen MR) is 98.2 cm³/mol. The lowest BCUT2D eigenvalue weighted by Crippen LogP contribution is -2.34. The molecule has 26 heavy (non-hydrogen) atoms. The Balaban J connectivity index is 1.50. The van der Waals surface area contributed by atoms with Crippen LogP contribution in [0.3, 0.4) is 0 Å². The molecule has 0 spiro atoms. The summed E-state index contributed by atoms with van der Waals surface area (Å²) in [5.74, 6) is 1.37. The van der Waals surface area contributed by atoms with E-state index in [1.54, 1.807) is 12.4 Å². The Morgan fingerprint density at radius 2 is 1.88 bits per heavy atom. The van der Waals surface area contributed by atoms with Gasteiger partial charge in [0.1, 0.15) is 5.76 Å². The molecule has 5 heteroatoms. The summed E-state index contributed by atoms with van der Waals surface area (Å²) in [7, 11) is 0. The largest absolute Gasteiger partial charge is 0.441 e. The van der Waals surface area contributed by atoms with Gasteiger partial charge in [0.2, 0.25) is 11.8 Å². The van der Waals surface area contributed by atoms with E-state index in [2.05, 4.69) is 9.97 Å². The minimum Gasteiger partial charge on any atom is -0.441 e. The SMILES string of the molecule is Cc1oc(-c2ccccc2)nc1CC(=O)N(Cc1ccncc1)C1CC1. The first-order valence-corrected chi connectivity index (χ1v) is 8.91. The van der Waals surface area contributed by atoms with E-state index in [-0.39, 0.29) is 12.3 Å². The van der Waals surface area contributed by atoms with E-state index in [0.717, 1.165) is 24.0 Å². The molecule has 0 saturated heterocycles. The van der Waals surface area contributed by atoms with E-state index >= 15 is 0 Å². The fraction of sp³-hybridized carbons (Fsp3) is 0.286. The van der Waals surface area contributed by atoms with Crippen LogP contribution >= 0.6 is 0 Å². The third-order valence-corrected chi connectivity index (χ3v) is 4.64. The predicted octanol–water partition coefficient (Wildman–Crippen LogP) is 3.78.